The van der Waals surface area contributed by atoms with Crippen LogP contribution in [0.3, 0.4) is 0 Å². The van der Waals surface area contributed by atoms with Crippen LogP contribution in [-0.2, 0) is 0 Å². The number of hydrogen-bond acceptors (Lipinski definition) is 7. The van der Waals surface area contributed by atoms with E-state index >= 15 is 0 Å². The topological polar surface area (TPSA) is 130 Å². The molecule has 10 nitrogen and oxygen atoms in total. The molecule has 0 radical (unpaired) electrons. The lowest BCUT2D eigenvalue weighted by Gasteiger charge is -2.17. The Morgan fingerprint density at radius 3 is 2.48 bits per heavy atom. The number of nitrogens with one attached hydrogen (secondary N) is 2. The van der Waals surface area contributed by atoms with Crippen molar-refractivity contribution in [2.45, 2.75) is 19.3 Å². The minimum atomic E-state index is -0.452. The highest BCUT2D eigenvalue weighted by molar-refractivity contribution is 5.95. The minimum Gasteiger partial charge on any atom is -0.366 e. The highest BCUT2D eigenvalue weighted by Gasteiger charge is 2.23. The average Bonchev–Trinajstić information content (AvgIpc) is 3.28. The van der Waals surface area contributed by atoms with Crippen LogP contribution in [-0.4, -0.2) is 52.9 Å². The van der Waals surface area contributed by atoms with Gasteiger partial charge in [-0.2, -0.15) is 0 Å². The quantitative estimate of drug-likeness (QED) is 0.392. The number of anilines is 1. The van der Waals surface area contributed by atoms with Gasteiger partial charge in [-0.1, -0.05) is 0 Å². The van der Waals surface area contributed by atoms with Crippen molar-refractivity contribution in [2.75, 3.05) is 31.1 Å². The molecule has 1 aromatic heterocycles. The molecule has 3 rings (SSSR count). The lowest BCUT2D eigenvalue weighted by molar-refractivity contribution is -0.384. The molecule has 0 saturated carbocycles. The number of benzene rings is 1. The average molecular weight is 398 g/mol. The monoisotopic (exact) mass is 398 g/mol. The molecule has 29 heavy (non-hydrogen) atoms. The Balaban J connectivity index is 1.49. The van der Waals surface area contributed by atoms with Crippen molar-refractivity contribution in [3.8, 4) is 0 Å². The normalized spacial score (nSPS) is 13.2. The summed E-state index contributed by atoms with van der Waals surface area (Å²) in [4.78, 5) is 44.8. The second-order valence-corrected chi connectivity index (χ2v) is 6.61. The van der Waals surface area contributed by atoms with Gasteiger partial charge >= 0.3 is 0 Å². The second-order valence-electron chi connectivity index (χ2n) is 6.61. The molecule has 1 aliphatic rings. The van der Waals surface area contributed by atoms with E-state index in [1.165, 1.54) is 24.7 Å². The van der Waals surface area contributed by atoms with E-state index in [2.05, 4.69) is 20.6 Å². The maximum atomic E-state index is 12.3. The fourth-order valence-corrected chi connectivity index (χ4v) is 3.14. The summed E-state index contributed by atoms with van der Waals surface area (Å²) < 4.78 is 0. The third-order valence-corrected chi connectivity index (χ3v) is 4.60. The van der Waals surface area contributed by atoms with Crippen molar-refractivity contribution < 1.29 is 14.5 Å². The Morgan fingerprint density at radius 2 is 1.83 bits per heavy atom. The predicted octanol–water partition coefficient (Wildman–Crippen LogP) is 1.53. The maximum Gasteiger partial charge on any atom is 0.293 e. The number of nitro groups is 1. The highest BCUT2D eigenvalue weighted by Crippen LogP contribution is 2.31. The van der Waals surface area contributed by atoms with E-state index < -0.39 is 4.92 Å². The lowest BCUT2D eigenvalue weighted by atomic mass is 10.1. The van der Waals surface area contributed by atoms with Gasteiger partial charge in [-0.3, -0.25) is 24.7 Å². The number of amides is 2. The van der Waals surface area contributed by atoms with Crippen LogP contribution >= 0.6 is 0 Å². The van der Waals surface area contributed by atoms with E-state index in [-0.39, 0.29) is 28.8 Å². The molecule has 0 spiro atoms. The first-order valence-corrected chi connectivity index (χ1v) is 9.42. The Kier molecular flexibility index (Phi) is 6.67. The Hall–Kier alpha value is -3.56. The van der Waals surface area contributed by atoms with Gasteiger partial charge in [0.2, 0.25) is 0 Å². The third-order valence-electron chi connectivity index (χ3n) is 4.60. The summed E-state index contributed by atoms with van der Waals surface area (Å²) in [7, 11) is 0. The summed E-state index contributed by atoms with van der Waals surface area (Å²) in [6, 6.07) is 4.56. The van der Waals surface area contributed by atoms with Gasteiger partial charge in [-0.15, -0.1) is 0 Å². The molecule has 10 heteroatoms. The summed E-state index contributed by atoms with van der Waals surface area (Å²) in [5.41, 5.74) is 0.955. The molecular weight excluding hydrogens is 376 g/mol. The van der Waals surface area contributed by atoms with Crippen LogP contribution in [0.5, 0.6) is 0 Å². The number of hydrogen-bond donors (Lipinski definition) is 2. The molecule has 2 heterocycles. The minimum absolute atomic E-state index is 0.0595. The van der Waals surface area contributed by atoms with Crippen LogP contribution in [0.15, 0.2) is 36.8 Å². The van der Waals surface area contributed by atoms with Crippen molar-refractivity contribution in [1.29, 1.82) is 0 Å². The Morgan fingerprint density at radius 1 is 1.10 bits per heavy atom. The van der Waals surface area contributed by atoms with Gasteiger partial charge in [0.15, 0.2) is 0 Å². The molecule has 0 aliphatic carbocycles. The van der Waals surface area contributed by atoms with Crippen LogP contribution in [0.2, 0.25) is 0 Å². The van der Waals surface area contributed by atoms with Gasteiger partial charge < -0.3 is 15.5 Å². The molecular formula is C19H22N6O4. The first kappa shape index (κ1) is 20.2. The number of carbonyl (C=O) groups excluding carboxylic acids is 2. The van der Waals surface area contributed by atoms with E-state index in [0.717, 1.165) is 25.9 Å². The molecule has 1 aliphatic heterocycles. The number of carbonyl (C=O) groups is 2. The molecule has 2 amide bonds. The third kappa shape index (κ3) is 5.24. The Labute approximate surface area is 167 Å². The predicted molar refractivity (Wildman–Crippen MR) is 106 cm³/mol. The van der Waals surface area contributed by atoms with Crippen molar-refractivity contribution in [1.82, 2.24) is 20.6 Å². The van der Waals surface area contributed by atoms with E-state index in [0.29, 0.717) is 25.2 Å². The van der Waals surface area contributed by atoms with Gasteiger partial charge in [-0.05, 0) is 31.4 Å². The van der Waals surface area contributed by atoms with Gasteiger partial charge in [0, 0.05) is 50.2 Å². The van der Waals surface area contributed by atoms with Gasteiger partial charge in [0.25, 0.3) is 17.5 Å². The van der Waals surface area contributed by atoms with Gasteiger partial charge in [0.05, 0.1) is 11.1 Å². The standard InChI is InChI=1S/C19H22N6O4/c26-18(22-6-3-7-23-19(27)15-13-20-8-9-21-15)14-4-5-16(17(12-14)25(28)29)24-10-1-2-11-24/h4-5,8-9,12-13H,1-3,6-7,10-11H2,(H,22,26)(H,23,27). The highest BCUT2D eigenvalue weighted by atomic mass is 16.6. The summed E-state index contributed by atoms with van der Waals surface area (Å²) in [5, 5.41) is 16.8. The zero-order valence-electron chi connectivity index (χ0n) is 15.8. The van der Waals surface area contributed by atoms with Crippen molar-refractivity contribution >= 4 is 23.2 Å². The van der Waals surface area contributed by atoms with Crippen molar-refractivity contribution in [3.05, 3.63) is 58.2 Å². The first-order chi connectivity index (χ1) is 14.1. The van der Waals surface area contributed by atoms with Crippen LogP contribution in [0, 0.1) is 10.1 Å². The first-order valence-electron chi connectivity index (χ1n) is 9.42. The smallest absolute Gasteiger partial charge is 0.293 e. The summed E-state index contributed by atoms with van der Waals surface area (Å²) >= 11 is 0. The zero-order valence-corrected chi connectivity index (χ0v) is 15.8. The van der Waals surface area contributed by atoms with E-state index in [1.807, 2.05) is 4.90 Å². The summed E-state index contributed by atoms with van der Waals surface area (Å²) in [6.45, 7) is 2.24. The molecule has 1 saturated heterocycles. The van der Waals surface area contributed by atoms with Gasteiger partial charge in [-0.25, -0.2) is 4.98 Å². The molecule has 0 unspecified atom stereocenters. The van der Waals surface area contributed by atoms with Crippen LogP contribution in [0.25, 0.3) is 0 Å². The molecule has 1 aromatic carbocycles. The summed E-state index contributed by atoms with van der Waals surface area (Å²) in [6.07, 6.45) is 6.80. The number of aromatic nitrogens is 2. The lowest BCUT2D eigenvalue weighted by Crippen LogP contribution is -2.30. The number of nitro benzene ring substituents is 1. The van der Waals surface area contributed by atoms with Gasteiger partial charge in [0.1, 0.15) is 11.4 Å². The molecule has 0 bridgehead atoms. The molecule has 0 atom stereocenters. The fourth-order valence-electron chi connectivity index (χ4n) is 3.14. The van der Waals surface area contributed by atoms with Crippen molar-refractivity contribution in [3.63, 3.8) is 0 Å². The SMILES string of the molecule is O=C(NCCCNC(=O)c1cnccn1)c1ccc(N2CCCC2)c([N+](=O)[O-])c1. The molecule has 2 aromatic rings. The van der Waals surface area contributed by atoms with Crippen molar-refractivity contribution in [2.24, 2.45) is 0 Å². The maximum absolute atomic E-state index is 12.3. The van der Waals surface area contributed by atoms with Crippen LogP contribution in [0.4, 0.5) is 11.4 Å². The Bertz CT molecular complexity index is 884. The van der Waals surface area contributed by atoms with E-state index in [1.54, 1.807) is 12.1 Å². The van der Waals surface area contributed by atoms with Crippen LogP contribution in [0.1, 0.15) is 40.1 Å². The van der Waals surface area contributed by atoms with Crippen LogP contribution < -0.4 is 15.5 Å². The second kappa shape index (κ2) is 9.58. The summed E-state index contributed by atoms with van der Waals surface area (Å²) in [5.74, 6) is -0.723. The number of rotatable bonds is 8. The molecule has 152 valence electrons. The molecule has 2 N–H and O–H groups in total. The largest absolute Gasteiger partial charge is 0.366 e. The number of nitrogens with zero attached hydrogens (tertiary/aromatic N) is 4. The van der Waals surface area contributed by atoms with E-state index in [9.17, 15) is 19.7 Å². The zero-order chi connectivity index (χ0) is 20.6. The van der Waals surface area contributed by atoms with E-state index in [4.69, 9.17) is 0 Å². The molecule has 1 fully saturated rings. The fraction of sp³-hybridized carbons (Fsp3) is 0.368.